The van der Waals surface area contributed by atoms with Crippen molar-refractivity contribution >= 4 is 17.3 Å². The van der Waals surface area contributed by atoms with Crippen LogP contribution in [0.1, 0.15) is 25.7 Å². The predicted octanol–water partition coefficient (Wildman–Crippen LogP) is 3.61. The molecule has 0 aliphatic heterocycles. The number of pyridine rings is 1. The Morgan fingerprint density at radius 1 is 1.40 bits per heavy atom. The number of halogens is 1. The van der Waals surface area contributed by atoms with E-state index in [0.29, 0.717) is 16.7 Å². The standard InChI is InChI=1S/C11H11ClN2O/c1-13-9-6-7-10(12)14-11(9)15-8-4-2-3-5-8/h6-8H,2-5H2. The fraction of sp³-hybridized carbons (Fsp3) is 0.455. The second-order valence-electron chi connectivity index (χ2n) is 3.59. The molecule has 4 heteroatoms. The van der Waals surface area contributed by atoms with Crippen molar-refractivity contribution in [1.29, 1.82) is 0 Å². The Morgan fingerprint density at radius 2 is 2.13 bits per heavy atom. The van der Waals surface area contributed by atoms with Crippen LogP contribution in [0.15, 0.2) is 12.1 Å². The quantitative estimate of drug-likeness (QED) is 0.565. The lowest BCUT2D eigenvalue weighted by Crippen LogP contribution is -2.11. The van der Waals surface area contributed by atoms with Gasteiger partial charge in [0.15, 0.2) is 0 Å². The highest BCUT2D eigenvalue weighted by atomic mass is 35.5. The molecular formula is C11H11ClN2O. The molecule has 0 atom stereocenters. The maximum atomic E-state index is 6.99. The highest BCUT2D eigenvalue weighted by molar-refractivity contribution is 6.29. The lowest BCUT2D eigenvalue weighted by Gasteiger charge is -2.13. The van der Waals surface area contributed by atoms with Gasteiger partial charge in [-0.1, -0.05) is 11.6 Å². The minimum absolute atomic E-state index is 0.205. The molecule has 0 amide bonds. The average molecular weight is 223 g/mol. The molecule has 0 spiro atoms. The van der Waals surface area contributed by atoms with Crippen molar-refractivity contribution in [3.8, 4) is 5.88 Å². The zero-order valence-electron chi connectivity index (χ0n) is 8.24. The molecule has 1 fully saturated rings. The van der Waals surface area contributed by atoms with Crippen molar-refractivity contribution in [2.45, 2.75) is 31.8 Å². The Bertz CT molecular complexity index is 394. The third kappa shape index (κ3) is 2.40. The van der Waals surface area contributed by atoms with Gasteiger partial charge in [-0.05, 0) is 37.8 Å². The summed E-state index contributed by atoms with van der Waals surface area (Å²) in [4.78, 5) is 7.39. The Labute approximate surface area is 93.9 Å². The smallest absolute Gasteiger partial charge is 0.247 e. The van der Waals surface area contributed by atoms with Gasteiger partial charge < -0.3 is 4.74 Å². The summed E-state index contributed by atoms with van der Waals surface area (Å²) in [5.74, 6) is 0.379. The van der Waals surface area contributed by atoms with Gasteiger partial charge in [-0.2, -0.15) is 0 Å². The minimum atomic E-state index is 0.205. The van der Waals surface area contributed by atoms with Gasteiger partial charge in [0, 0.05) is 0 Å². The molecule has 0 unspecified atom stereocenters. The number of ether oxygens (including phenoxy) is 1. The van der Waals surface area contributed by atoms with Gasteiger partial charge in [0.05, 0.1) is 12.7 Å². The molecule has 78 valence electrons. The van der Waals surface area contributed by atoms with Crippen LogP contribution in [0.2, 0.25) is 5.15 Å². The van der Waals surface area contributed by atoms with Crippen LogP contribution in [0, 0.1) is 6.57 Å². The molecule has 0 saturated heterocycles. The number of nitrogens with zero attached hydrogens (tertiary/aromatic N) is 2. The van der Waals surface area contributed by atoms with E-state index >= 15 is 0 Å². The van der Waals surface area contributed by atoms with E-state index in [-0.39, 0.29) is 6.10 Å². The molecule has 1 aliphatic rings. The summed E-state index contributed by atoms with van der Waals surface area (Å²) in [7, 11) is 0. The van der Waals surface area contributed by atoms with E-state index < -0.39 is 0 Å². The summed E-state index contributed by atoms with van der Waals surface area (Å²) in [5, 5.41) is 0.371. The van der Waals surface area contributed by atoms with Gasteiger partial charge in [-0.15, -0.1) is 0 Å². The van der Waals surface area contributed by atoms with Crippen molar-refractivity contribution in [3.05, 3.63) is 28.7 Å². The Kier molecular flexibility index (Phi) is 3.08. The molecule has 2 rings (SSSR count). The second kappa shape index (κ2) is 4.50. The monoisotopic (exact) mass is 222 g/mol. The fourth-order valence-electron chi connectivity index (χ4n) is 1.75. The third-order valence-electron chi connectivity index (χ3n) is 2.51. The summed E-state index contributed by atoms with van der Waals surface area (Å²) in [5.41, 5.74) is 0.436. The van der Waals surface area contributed by atoms with Crippen LogP contribution in [0.3, 0.4) is 0 Å². The van der Waals surface area contributed by atoms with Crippen LogP contribution < -0.4 is 4.74 Å². The third-order valence-corrected chi connectivity index (χ3v) is 2.72. The van der Waals surface area contributed by atoms with E-state index in [9.17, 15) is 0 Å². The summed E-state index contributed by atoms with van der Waals surface area (Å²) in [6, 6.07) is 3.25. The largest absolute Gasteiger partial charge is 0.483 e. The first-order chi connectivity index (χ1) is 7.29. The van der Waals surface area contributed by atoms with Crippen LogP contribution in [-0.2, 0) is 0 Å². The molecule has 0 N–H and O–H groups in total. The van der Waals surface area contributed by atoms with Gasteiger partial charge in [0.25, 0.3) is 0 Å². The summed E-state index contributed by atoms with van der Waals surface area (Å²) >= 11 is 5.77. The predicted molar refractivity (Wildman–Crippen MR) is 58.4 cm³/mol. The molecule has 1 heterocycles. The van der Waals surface area contributed by atoms with Crippen LogP contribution in [0.5, 0.6) is 5.88 Å². The Morgan fingerprint density at radius 3 is 2.80 bits per heavy atom. The number of rotatable bonds is 2. The summed E-state index contributed by atoms with van der Waals surface area (Å²) < 4.78 is 5.67. The molecule has 3 nitrogen and oxygen atoms in total. The Hall–Kier alpha value is -1.27. The molecular weight excluding hydrogens is 212 g/mol. The fourth-order valence-corrected chi connectivity index (χ4v) is 1.89. The van der Waals surface area contributed by atoms with E-state index in [4.69, 9.17) is 22.9 Å². The first-order valence-electron chi connectivity index (χ1n) is 5.00. The molecule has 0 aromatic carbocycles. The molecule has 1 aromatic rings. The Balaban J connectivity index is 2.18. The lowest BCUT2D eigenvalue weighted by atomic mass is 10.3. The van der Waals surface area contributed by atoms with E-state index in [0.717, 1.165) is 12.8 Å². The van der Waals surface area contributed by atoms with E-state index in [2.05, 4.69) is 9.83 Å². The van der Waals surface area contributed by atoms with Gasteiger partial charge >= 0.3 is 0 Å². The maximum Gasteiger partial charge on any atom is 0.247 e. The molecule has 0 bridgehead atoms. The number of hydrogen-bond acceptors (Lipinski definition) is 2. The van der Waals surface area contributed by atoms with Crippen molar-refractivity contribution < 1.29 is 4.74 Å². The van der Waals surface area contributed by atoms with Gasteiger partial charge in [0.1, 0.15) is 5.15 Å². The normalized spacial score (nSPS) is 16.3. The first-order valence-corrected chi connectivity index (χ1v) is 5.38. The van der Waals surface area contributed by atoms with Crippen LogP contribution in [0.25, 0.3) is 4.85 Å². The van der Waals surface area contributed by atoms with Crippen molar-refractivity contribution in [1.82, 2.24) is 4.98 Å². The molecule has 15 heavy (non-hydrogen) atoms. The highest BCUT2D eigenvalue weighted by Crippen LogP contribution is 2.31. The summed E-state index contributed by atoms with van der Waals surface area (Å²) in [6.07, 6.45) is 4.69. The topological polar surface area (TPSA) is 26.5 Å². The molecule has 1 aliphatic carbocycles. The summed E-state index contributed by atoms with van der Waals surface area (Å²) in [6.45, 7) is 6.99. The molecule has 1 saturated carbocycles. The molecule has 0 radical (unpaired) electrons. The van der Waals surface area contributed by atoms with Crippen LogP contribution in [0.4, 0.5) is 5.69 Å². The first kappa shape index (κ1) is 10.3. The number of aromatic nitrogens is 1. The zero-order chi connectivity index (χ0) is 10.7. The van der Waals surface area contributed by atoms with Crippen molar-refractivity contribution in [2.75, 3.05) is 0 Å². The SMILES string of the molecule is [C-]#[N+]c1ccc(Cl)nc1OC1CCCC1. The van der Waals surface area contributed by atoms with E-state index in [1.54, 1.807) is 12.1 Å². The minimum Gasteiger partial charge on any atom is -0.483 e. The van der Waals surface area contributed by atoms with Crippen LogP contribution in [-0.4, -0.2) is 11.1 Å². The zero-order valence-corrected chi connectivity index (χ0v) is 9.00. The second-order valence-corrected chi connectivity index (χ2v) is 3.98. The van der Waals surface area contributed by atoms with E-state index in [1.165, 1.54) is 12.8 Å². The average Bonchev–Trinajstić information content (AvgIpc) is 2.71. The van der Waals surface area contributed by atoms with Gasteiger partial charge in [-0.3, -0.25) is 0 Å². The lowest BCUT2D eigenvalue weighted by molar-refractivity contribution is 0.203. The maximum absolute atomic E-state index is 6.99. The highest BCUT2D eigenvalue weighted by Gasteiger charge is 2.18. The van der Waals surface area contributed by atoms with E-state index in [1.807, 2.05) is 0 Å². The number of hydrogen-bond donors (Lipinski definition) is 0. The van der Waals surface area contributed by atoms with Gasteiger partial charge in [-0.25, -0.2) is 9.83 Å². The van der Waals surface area contributed by atoms with Gasteiger partial charge in [0.2, 0.25) is 11.6 Å². The van der Waals surface area contributed by atoms with Crippen molar-refractivity contribution in [2.24, 2.45) is 0 Å². The molecule has 1 aromatic heterocycles. The van der Waals surface area contributed by atoms with Crippen LogP contribution >= 0.6 is 11.6 Å². The van der Waals surface area contributed by atoms with Crippen molar-refractivity contribution in [3.63, 3.8) is 0 Å².